The molecule has 0 aliphatic carbocycles. The fourth-order valence-electron chi connectivity index (χ4n) is 9.44. The minimum absolute atomic E-state index is 0.0380. The monoisotopic (exact) mass is 1090 g/mol. The first-order valence-electron chi connectivity index (χ1n) is 26.0. The number of benzene rings is 10. The summed E-state index contributed by atoms with van der Waals surface area (Å²) in [6.45, 7) is -0.501. The van der Waals surface area contributed by atoms with Gasteiger partial charge in [0.25, 0.3) is 15.6 Å². The Morgan fingerprint density at radius 3 is 0.800 bits per heavy atom. The third-order valence-corrected chi connectivity index (χ3v) is 15.0. The normalized spacial score (nSPS) is 12.5. The number of fused-ring (bicyclic) bond motifs is 6. The minimum Gasteiger partial charge on any atom is -0.756 e. The fraction of sp³-hybridized carbons (Fsp3) is 0.176. The lowest BCUT2D eigenvalue weighted by molar-refractivity contribution is -0.226. The molecule has 0 spiro atoms. The molecule has 394 valence electrons. The summed E-state index contributed by atoms with van der Waals surface area (Å²) in [5, 5.41) is 32.8. The molecule has 0 amide bonds. The van der Waals surface area contributed by atoms with Gasteiger partial charge < -0.3 is 38.1 Å². The third-order valence-electron chi connectivity index (χ3n) is 13.0. The van der Waals surface area contributed by atoms with Crippen molar-refractivity contribution in [2.75, 3.05) is 39.6 Å². The van der Waals surface area contributed by atoms with Gasteiger partial charge in [0.05, 0.1) is 39.6 Å². The number of hydrogen-bond donors (Lipinski definition) is 2. The Bertz CT molecular complexity index is 4160. The van der Waals surface area contributed by atoms with E-state index in [1.807, 2.05) is 133 Å². The minimum atomic E-state index is -4.55. The lowest BCUT2D eigenvalue weighted by Gasteiger charge is -2.21. The van der Waals surface area contributed by atoms with Crippen molar-refractivity contribution < 1.29 is 47.2 Å². The van der Waals surface area contributed by atoms with E-state index in [1.54, 1.807) is 0 Å². The van der Waals surface area contributed by atoms with Crippen molar-refractivity contribution in [1.82, 2.24) is 0 Å². The van der Waals surface area contributed by atoms with Gasteiger partial charge in [-0.3, -0.25) is 9.13 Å². The van der Waals surface area contributed by atoms with E-state index >= 15 is 0 Å². The zero-order chi connectivity index (χ0) is 55.3. The molecule has 0 aliphatic heterocycles. The predicted octanol–water partition coefficient (Wildman–Crippen LogP) is 12.0. The highest BCUT2D eigenvalue weighted by atomic mass is 31.2. The van der Waals surface area contributed by atoms with E-state index in [9.17, 15) is 18.9 Å². The van der Waals surface area contributed by atoms with Crippen LogP contribution in [0.25, 0.3) is 75.4 Å². The summed E-state index contributed by atoms with van der Waals surface area (Å²) in [5.74, 6) is 36.6. The predicted molar refractivity (Wildman–Crippen MR) is 315 cm³/mol. The molecule has 10 aromatic rings. The molecule has 0 heterocycles. The van der Waals surface area contributed by atoms with Crippen LogP contribution in [0.5, 0.6) is 0 Å². The Morgan fingerprint density at radius 2 is 0.537 bits per heavy atom. The molecule has 2 atom stereocenters. The SMILES string of the molecule is O=P([O-])(OCCC#Cc1ccc2c(ccc3cc(C#CCCO)ccc32)c1)OCCC#Cc1cc2ccc3cc(C#CCCOP(=O)([O-])OCCC#Cc4ccc5c(ccc6cc(C#CCCO)ccc65)c4)cc4ccc(c1)c2c34. The van der Waals surface area contributed by atoms with Crippen LogP contribution >= 0.6 is 15.6 Å². The van der Waals surface area contributed by atoms with Crippen LogP contribution in [0, 0.1) is 71.0 Å². The van der Waals surface area contributed by atoms with E-state index < -0.39 is 15.6 Å². The van der Waals surface area contributed by atoms with Crippen LogP contribution in [-0.2, 0) is 27.2 Å². The summed E-state index contributed by atoms with van der Waals surface area (Å²) >= 11 is 0. The van der Waals surface area contributed by atoms with Crippen molar-refractivity contribution in [3.05, 3.63) is 179 Å². The van der Waals surface area contributed by atoms with Crippen LogP contribution in [0.2, 0.25) is 0 Å². The van der Waals surface area contributed by atoms with Gasteiger partial charge in [-0.1, -0.05) is 144 Å². The molecule has 0 saturated carbocycles. The van der Waals surface area contributed by atoms with Gasteiger partial charge in [0.2, 0.25) is 0 Å². The lowest BCUT2D eigenvalue weighted by Crippen LogP contribution is -2.09. The van der Waals surface area contributed by atoms with Gasteiger partial charge in [0.1, 0.15) is 0 Å². The maximum atomic E-state index is 12.5. The smallest absolute Gasteiger partial charge is 0.267 e. The van der Waals surface area contributed by atoms with E-state index in [-0.39, 0.29) is 65.3 Å². The quantitative estimate of drug-likeness (QED) is 0.0465. The highest BCUT2D eigenvalue weighted by molar-refractivity contribution is 7.46. The first-order valence-corrected chi connectivity index (χ1v) is 28.9. The Labute approximate surface area is 464 Å². The van der Waals surface area contributed by atoms with Crippen molar-refractivity contribution in [2.45, 2.75) is 38.5 Å². The molecular weight excluding hydrogens is 1040 g/mol. The Hall–Kier alpha value is -8.22. The standard InChI is InChI=1S/C68H52O10P2/c69-35-7-1-13-49-19-31-63-55(41-49)23-25-57-43-51(21-33-65(57)63)15-3-9-37-75-79(71,72)77-39-11-5-17-53-45-59-27-29-61-47-54(48-62-30-28-60(46-53)67(59)68(61)62)18-6-12-40-78-80(73,74)76-38-10-4-16-52-22-34-66-58(44-52)26-24-56-42-50(14-2-8-36-70)20-32-64(56)66/h19-34,41-48,69-70H,7-12,35-40H2,(H,71,72)(H,73,74)/p-2. The number of phosphoric acid groups is 2. The van der Waals surface area contributed by atoms with Crippen LogP contribution < -0.4 is 9.79 Å². The van der Waals surface area contributed by atoms with E-state index in [2.05, 4.69) is 83.2 Å². The molecule has 0 radical (unpaired) electrons. The number of aliphatic hydroxyl groups excluding tert-OH is 2. The maximum absolute atomic E-state index is 12.5. The molecule has 0 saturated heterocycles. The summed E-state index contributed by atoms with van der Waals surface area (Å²) in [4.78, 5) is 24.9. The molecular formula is C68H50O10P2-2. The molecule has 0 fully saturated rings. The van der Waals surface area contributed by atoms with Gasteiger partial charge in [-0.2, -0.15) is 0 Å². The molecule has 2 unspecified atom stereocenters. The van der Waals surface area contributed by atoms with Crippen molar-refractivity contribution >= 4 is 91.1 Å². The van der Waals surface area contributed by atoms with Crippen molar-refractivity contribution in [2.24, 2.45) is 0 Å². The van der Waals surface area contributed by atoms with Gasteiger partial charge in [-0.25, -0.2) is 0 Å². The second kappa shape index (κ2) is 25.7. The zero-order valence-corrected chi connectivity index (χ0v) is 45.2. The van der Waals surface area contributed by atoms with Gasteiger partial charge in [0, 0.05) is 71.9 Å². The van der Waals surface area contributed by atoms with Crippen molar-refractivity contribution in [1.29, 1.82) is 0 Å². The van der Waals surface area contributed by atoms with Crippen LogP contribution in [0.15, 0.2) is 146 Å². The van der Waals surface area contributed by atoms with E-state index in [0.717, 1.165) is 109 Å². The summed E-state index contributed by atoms with van der Waals surface area (Å²) < 4.78 is 45.2. The van der Waals surface area contributed by atoms with Crippen LogP contribution in [-0.4, -0.2) is 49.9 Å². The number of aliphatic hydroxyl groups is 2. The number of phosphoric ester groups is 2. The zero-order valence-electron chi connectivity index (χ0n) is 43.4. The van der Waals surface area contributed by atoms with E-state index in [4.69, 9.17) is 28.3 Å². The Kier molecular flexibility index (Phi) is 17.7. The molecule has 2 N–H and O–H groups in total. The largest absolute Gasteiger partial charge is 0.756 e. The number of rotatable bonds is 14. The van der Waals surface area contributed by atoms with E-state index in [0.29, 0.717) is 12.8 Å². The molecule has 10 nitrogen and oxygen atoms in total. The fourth-order valence-corrected chi connectivity index (χ4v) is 10.9. The van der Waals surface area contributed by atoms with Crippen molar-refractivity contribution in [3.8, 4) is 71.0 Å². The molecule has 0 aliphatic rings. The summed E-state index contributed by atoms with van der Waals surface area (Å²) in [7, 11) is -9.11. The number of hydrogen-bond acceptors (Lipinski definition) is 10. The second-order valence-corrected chi connectivity index (χ2v) is 21.4. The molecule has 10 rings (SSSR count). The van der Waals surface area contributed by atoms with Crippen LogP contribution in [0.4, 0.5) is 0 Å². The van der Waals surface area contributed by atoms with Crippen LogP contribution in [0.1, 0.15) is 71.9 Å². The molecule has 12 heteroatoms. The van der Waals surface area contributed by atoms with E-state index in [1.165, 1.54) is 0 Å². The topological polar surface area (TPSA) is 158 Å². The Balaban J connectivity index is 0.656. The second-order valence-electron chi connectivity index (χ2n) is 18.6. The first-order chi connectivity index (χ1) is 39.0. The Morgan fingerprint density at radius 1 is 0.312 bits per heavy atom. The van der Waals surface area contributed by atoms with Crippen LogP contribution in [0.3, 0.4) is 0 Å². The van der Waals surface area contributed by atoms with Gasteiger partial charge in [-0.05, 0) is 148 Å². The highest BCUT2D eigenvalue weighted by Gasteiger charge is 2.12. The maximum Gasteiger partial charge on any atom is 0.267 e. The highest BCUT2D eigenvalue weighted by Crippen LogP contribution is 2.40. The first kappa shape index (κ1) is 55.1. The van der Waals surface area contributed by atoms with Crippen molar-refractivity contribution in [3.63, 3.8) is 0 Å². The van der Waals surface area contributed by atoms with Gasteiger partial charge in [-0.15, -0.1) is 0 Å². The summed E-state index contributed by atoms with van der Waals surface area (Å²) in [6, 6.07) is 48.4. The molecule has 10 aromatic carbocycles. The molecule has 0 bridgehead atoms. The van der Waals surface area contributed by atoms with Gasteiger partial charge in [0.15, 0.2) is 0 Å². The summed E-state index contributed by atoms with van der Waals surface area (Å²) in [6.07, 6.45) is 1.61. The lowest BCUT2D eigenvalue weighted by atomic mass is 9.92. The molecule has 0 aromatic heterocycles. The average Bonchev–Trinajstić information content (AvgIpc) is 3.60. The molecule has 80 heavy (non-hydrogen) atoms. The summed E-state index contributed by atoms with van der Waals surface area (Å²) in [5.41, 5.74) is 4.97. The van der Waals surface area contributed by atoms with Gasteiger partial charge >= 0.3 is 0 Å². The average molecular weight is 1090 g/mol. The third kappa shape index (κ3) is 14.0.